The van der Waals surface area contributed by atoms with Gasteiger partial charge >= 0.3 is 0 Å². The molecule has 14 heavy (non-hydrogen) atoms. The van der Waals surface area contributed by atoms with E-state index in [1.165, 1.54) is 11.3 Å². The van der Waals surface area contributed by atoms with Crippen LogP contribution in [0.3, 0.4) is 0 Å². The quantitative estimate of drug-likeness (QED) is 0.802. The lowest BCUT2D eigenvalue weighted by Gasteiger charge is -1.95. The fraction of sp³-hybridized carbons (Fsp3) is 0.429. The van der Waals surface area contributed by atoms with Crippen molar-refractivity contribution in [3.8, 4) is 0 Å². The molecular weight excluding hydrogens is 200 g/mol. The third-order valence-electron chi connectivity index (χ3n) is 1.60. The summed E-state index contributed by atoms with van der Waals surface area (Å²) in [7, 11) is 1.84. The zero-order chi connectivity index (χ0) is 9.97. The van der Waals surface area contributed by atoms with Gasteiger partial charge in [-0.1, -0.05) is 16.6 Å². The number of hydrogen-bond acceptors (Lipinski definition) is 6. The van der Waals surface area contributed by atoms with Gasteiger partial charge in [0.25, 0.3) is 0 Å². The van der Waals surface area contributed by atoms with Crippen LogP contribution in [0.4, 0.5) is 5.13 Å². The van der Waals surface area contributed by atoms with Crippen molar-refractivity contribution >= 4 is 16.5 Å². The Morgan fingerprint density at radius 3 is 2.86 bits per heavy atom. The summed E-state index contributed by atoms with van der Waals surface area (Å²) in [5, 5.41) is 20.5. The topological polar surface area (TPSA) is 68.5 Å². The van der Waals surface area contributed by atoms with E-state index in [1.54, 1.807) is 4.68 Å². The second-order valence-electron chi connectivity index (χ2n) is 2.86. The standard InChI is InChI=1S/C7H10N6S/c1-5-9-11-7(14-5)8-3-6-4-13(2)12-10-6/h4H,3H2,1-2H3,(H,8,11). The van der Waals surface area contributed by atoms with Gasteiger partial charge in [-0.2, -0.15) is 0 Å². The van der Waals surface area contributed by atoms with Crippen LogP contribution in [0.2, 0.25) is 0 Å². The van der Waals surface area contributed by atoms with Gasteiger partial charge in [-0.25, -0.2) is 0 Å². The third kappa shape index (κ3) is 2.05. The van der Waals surface area contributed by atoms with Crippen molar-refractivity contribution in [1.82, 2.24) is 25.2 Å². The molecule has 0 amide bonds. The van der Waals surface area contributed by atoms with E-state index >= 15 is 0 Å². The Kier molecular flexibility index (Phi) is 2.40. The highest BCUT2D eigenvalue weighted by atomic mass is 32.1. The summed E-state index contributed by atoms with van der Waals surface area (Å²) in [5.41, 5.74) is 0.889. The molecule has 6 nitrogen and oxygen atoms in total. The first-order chi connectivity index (χ1) is 6.74. The number of aryl methyl sites for hydroxylation is 2. The van der Waals surface area contributed by atoms with Crippen LogP contribution in [0.15, 0.2) is 6.20 Å². The van der Waals surface area contributed by atoms with Crippen LogP contribution in [0.25, 0.3) is 0 Å². The van der Waals surface area contributed by atoms with E-state index in [9.17, 15) is 0 Å². The molecule has 0 radical (unpaired) electrons. The van der Waals surface area contributed by atoms with Gasteiger partial charge in [0.2, 0.25) is 5.13 Å². The summed E-state index contributed by atoms with van der Waals surface area (Å²) in [6.07, 6.45) is 1.86. The molecule has 0 atom stereocenters. The van der Waals surface area contributed by atoms with Crippen LogP contribution < -0.4 is 5.32 Å². The van der Waals surface area contributed by atoms with E-state index in [4.69, 9.17) is 0 Å². The summed E-state index contributed by atoms with van der Waals surface area (Å²) < 4.78 is 1.67. The fourth-order valence-corrected chi connectivity index (χ4v) is 1.60. The summed E-state index contributed by atoms with van der Waals surface area (Å²) in [4.78, 5) is 0. The second-order valence-corrected chi connectivity index (χ2v) is 4.04. The third-order valence-corrected chi connectivity index (χ3v) is 2.39. The highest BCUT2D eigenvalue weighted by molar-refractivity contribution is 7.15. The summed E-state index contributed by atoms with van der Waals surface area (Å²) in [6.45, 7) is 2.55. The number of nitrogens with zero attached hydrogens (tertiary/aromatic N) is 5. The number of rotatable bonds is 3. The van der Waals surface area contributed by atoms with E-state index < -0.39 is 0 Å². The predicted octanol–water partition coefficient (Wildman–Crippen LogP) is 0.587. The lowest BCUT2D eigenvalue weighted by molar-refractivity contribution is 0.713. The van der Waals surface area contributed by atoms with Crippen molar-refractivity contribution in [2.75, 3.05) is 5.32 Å². The molecular formula is C7H10N6S. The number of anilines is 1. The normalized spacial score (nSPS) is 10.4. The molecule has 2 rings (SSSR count). The molecule has 2 aromatic rings. The van der Waals surface area contributed by atoms with Gasteiger partial charge in [0.05, 0.1) is 6.54 Å². The Labute approximate surface area is 85.0 Å². The molecule has 0 bridgehead atoms. The van der Waals surface area contributed by atoms with Crippen molar-refractivity contribution in [2.24, 2.45) is 7.05 Å². The summed E-state index contributed by atoms with van der Waals surface area (Å²) in [6, 6.07) is 0. The highest BCUT2D eigenvalue weighted by Gasteiger charge is 2.01. The van der Waals surface area contributed by atoms with Gasteiger partial charge in [-0.05, 0) is 6.92 Å². The molecule has 0 aromatic carbocycles. The number of nitrogens with one attached hydrogen (secondary N) is 1. The predicted molar refractivity (Wildman–Crippen MR) is 53.0 cm³/mol. The minimum atomic E-state index is 0.627. The van der Waals surface area contributed by atoms with Crippen LogP contribution >= 0.6 is 11.3 Å². The molecule has 0 aliphatic carbocycles. The van der Waals surface area contributed by atoms with Gasteiger partial charge < -0.3 is 5.32 Å². The van der Waals surface area contributed by atoms with E-state index in [-0.39, 0.29) is 0 Å². The first-order valence-corrected chi connectivity index (χ1v) is 4.95. The molecule has 0 aliphatic rings. The van der Waals surface area contributed by atoms with Crippen molar-refractivity contribution in [1.29, 1.82) is 0 Å². The zero-order valence-electron chi connectivity index (χ0n) is 7.93. The first kappa shape index (κ1) is 9.07. The van der Waals surface area contributed by atoms with E-state index in [2.05, 4.69) is 25.8 Å². The molecule has 7 heteroatoms. The molecule has 1 N–H and O–H groups in total. The molecule has 0 saturated heterocycles. The van der Waals surface area contributed by atoms with Crippen LogP contribution in [-0.2, 0) is 13.6 Å². The van der Waals surface area contributed by atoms with Crippen LogP contribution in [0.1, 0.15) is 10.7 Å². The van der Waals surface area contributed by atoms with Crippen LogP contribution in [0.5, 0.6) is 0 Å². The largest absolute Gasteiger partial charge is 0.354 e. The minimum Gasteiger partial charge on any atom is -0.354 e. The van der Waals surface area contributed by atoms with Crippen LogP contribution in [0, 0.1) is 6.92 Å². The minimum absolute atomic E-state index is 0.627. The van der Waals surface area contributed by atoms with Crippen molar-refractivity contribution in [3.05, 3.63) is 16.9 Å². The summed E-state index contributed by atoms with van der Waals surface area (Å²) >= 11 is 1.53. The maximum atomic E-state index is 3.94. The summed E-state index contributed by atoms with van der Waals surface area (Å²) in [5.74, 6) is 0. The van der Waals surface area contributed by atoms with Gasteiger partial charge in [0.15, 0.2) is 0 Å². The molecule has 2 heterocycles. The fourth-order valence-electron chi connectivity index (χ4n) is 1.01. The molecule has 0 saturated carbocycles. The maximum absolute atomic E-state index is 3.94. The molecule has 2 aromatic heterocycles. The van der Waals surface area contributed by atoms with E-state index in [0.29, 0.717) is 6.54 Å². The average Bonchev–Trinajstić information content (AvgIpc) is 2.72. The smallest absolute Gasteiger partial charge is 0.205 e. The Morgan fingerprint density at radius 1 is 1.43 bits per heavy atom. The first-order valence-electron chi connectivity index (χ1n) is 4.13. The molecule has 74 valence electrons. The molecule has 0 aliphatic heterocycles. The van der Waals surface area contributed by atoms with Crippen molar-refractivity contribution in [2.45, 2.75) is 13.5 Å². The van der Waals surface area contributed by atoms with Crippen molar-refractivity contribution < 1.29 is 0 Å². The van der Waals surface area contributed by atoms with Gasteiger partial charge in [-0.3, -0.25) is 4.68 Å². The highest BCUT2D eigenvalue weighted by Crippen LogP contribution is 2.13. The maximum Gasteiger partial charge on any atom is 0.205 e. The van der Waals surface area contributed by atoms with Gasteiger partial charge in [0.1, 0.15) is 10.7 Å². The second kappa shape index (κ2) is 3.70. The van der Waals surface area contributed by atoms with E-state index in [1.807, 2.05) is 20.2 Å². The lowest BCUT2D eigenvalue weighted by atomic mass is 10.5. The van der Waals surface area contributed by atoms with Crippen LogP contribution in [-0.4, -0.2) is 25.2 Å². The Bertz CT molecular complexity index is 379. The van der Waals surface area contributed by atoms with E-state index in [0.717, 1.165) is 15.8 Å². The number of aromatic nitrogens is 5. The Balaban J connectivity index is 1.94. The molecule has 0 spiro atoms. The van der Waals surface area contributed by atoms with Crippen molar-refractivity contribution in [3.63, 3.8) is 0 Å². The number of hydrogen-bond donors (Lipinski definition) is 1. The molecule has 0 fully saturated rings. The monoisotopic (exact) mass is 210 g/mol. The van der Waals surface area contributed by atoms with Gasteiger partial charge in [0, 0.05) is 13.2 Å². The average molecular weight is 210 g/mol. The van der Waals surface area contributed by atoms with Gasteiger partial charge in [-0.15, -0.1) is 15.3 Å². The Morgan fingerprint density at radius 2 is 2.29 bits per heavy atom. The lowest BCUT2D eigenvalue weighted by Crippen LogP contribution is -1.99. The Hall–Kier alpha value is -1.50. The molecule has 0 unspecified atom stereocenters. The SMILES string of the molecule is Cc1nnc(NCc2cn(C)nn2)s1. The zero-order valence-corrected chi connectivity index (χ0v) is 8.75.